The maximum absolute atomic E-state index is 5.41. The predicted octanol–water partition coefficient (Wildman–Crippen LogP) is 2.49. The molecule has 0 saturated heterocycles. The van der Waals surface area contributed by atoms with Crippen LogP contribution in [0.4, 0.5) is 0 Å². The van der Waals surface area contributed by atoms with Gasteiger partial charge in [0.15, 0.2) is 17.2 Å². The van der Waals surface area contributed by atoms with Crippen LogP contribution in [0, 0.1) is 0 Å². The second kappa shape index (κ2) is 5.42. The minimum atomic E-state index is 0.820. The molecule has 98 valence electrons. The molecule has 3 nitrogen and oxygen atoms in total. The second-order valence-corrected chi connectivity index (χ2v) is 4.73. The summed E-state index contributed by atoms with van der Waals surface area (Å²) in [5.41, 5.74) is 4.11. The zero-order valence-electron chi connectivity index (χ0n) is 11.7. The summed E-state index contributed by atoms with van der Waals surface area (Å²) in [6.07, 6.45) is 3.34. The van der Waals surface area contributed by atoms with E-state index in [9.17, 15) is 0 Å². The van der Waals surface area contributed by atoms with E-state index in [0.29, 0.717) is 0 Å². The zero-order valence-corrected chi connectivity index (χ0v) is 11.7. The fourth-order valence-corrected chi connectivity index (χ4v) is 2.59. The van der Waals surface area contributed by atoms with Gasteiger partial charge in [-0.25, -0.2) is 4.58 Å². The summed E-state index contributed by atoms with van der Waals surface area (Å²) in [5.74, 6) is 1.65. The van der Waals surface area contributed by atoms with Crippen molar-refractivity contribution in [1.29, 1.82) is 0 Å². The van der Waals surface area contributed by atoms with E-state index >= 15 is 0 Å². The van der Waals surface area contributed by atoms with Gasteiger partial charge >= 0.3 is 0 Å². The molecule has 18 heavy (non-hydrogen) atoms. The van der Waals surface area contributed by atoms with Gasteiger partial charge in [0.05, 0.1) is 14.2 Å². The topological polar surface area (TPSA) is 21.5 Å². The lowest BCUT2D eigenvalue weighted by molar-refractivity contribution is -0.499. The summed E-state index contributed by atoms with van der Waals surface area (Å²) >= 11 is 0. The Hall–Kier alpha value is -1.51. The van der Waals surface area contributed by atoms with Crippen molar-refractivity contribution in [2.75, 3.05) is 27.8 Å². The number of nitrogens with zero attached hydrogens (tertiary/aromatic N) is 1. The van der Waals surface area contributed by atoms with Crippen LogP contribution in [0.1, 0.15) is 30.9 Å². The first-order valence-corrected chi connectivity index (χ1v) is 6.53. The monoisotopic (exact) mass is 248 g/mol. The van der Waals surface area contributed by atoms with E-state index in [1.54, 1.807) is 14.2 Å². The number of fused-ring (bicyclic) bond motifs is 1. The van der Waals surface area contributed by atoms with Crippen LogP contribution in [0.25, 0.3) is 0 Å². The van der Waals surface area contributed by atoms with Gasteiger partial charge in [0, 0.05) is 18.4 Å². The van der Waals surface area contributed by atoms with Crippen LogP contribution in [-0.2, 0) is 6.42 Å². The highest BCUT2D eigenvalue weighted by Crippen LogP contribution is 2.32. The van der Waals surface area contributed by atoms with Gasteiger partial charge in [-0.05, 0) is 24.1 Å². The lowest BCUT2D eigenvalue weighted by atomic mass is 9.94. The molecule has 0 radical (unpaired) electrons. The quantitative estimate of drug-likeness (QED) is 0.764. The van der Waals surface area contributed by atoms with Crippen molar-refractivity contribution in [2.45, 2.75) is 26.2 Å². The molecule has 0 saturated carbocycles. The largest absolute Gasteiger partial charge is 0.493 e. The van der Waals surface area contributed by atoms with Gasteiger partial charge in [0.25, 0.3) is 0 Å². The number of methoxy groups -OCH3 is 2. The van der Waals surface area contributed by atoms with Gasteiger partial charge in [-0.15, -0.1) is 0 Å². The average Bonchev–Trinajstić information content (AvgIpc) is 2.40. The molecule has 0 aliphatic carbocycles. The summed E-state index contributed by atoms with van der Waals surface area (Å²) in [5, 5.41) is 0. The summed E-state index contributed by atoms with van der Waals surface area (Å²) in [6, 6.07) is 4.24. The summed E-state index contributed by atoms with van der Waals surface area (Å²) in [7, 11) is 5.55. The molecule has 0 unspecified atom stereocenters. The molecule has 0 amide bonds. The number of ether oxygens (including phenoxy) is 2. The van der Waals surface area contributed by atoms with Crippen LogP contribution in [0.3, 0.4) is 0 Å². The molecule has 1 aliphatic rings. The lowest BCUT2D eigenvalue weighted by Crippen LogP contribution is -2.27. The first-order valence-electron chi connectivity index (χ1n) is 6.53. The number of benzene rings is 1. The van der Waals surface area contributed by atoms with Crippen molar-refractivity contribution < 1.29 is 14.0 Å². The molecule has 0 aromatic heterocycles. The standard InChI is InChI=1S/C15H22NO2/c1-5-6-13-12-10-15(18-4)14(17-3)9-11(12)7-8-16(13)2/h9-10H,5-8H2,1-4H3/q+1. The maximum Gasteiger partial charge on any atom is 0.183 e. The Morgan fingerprint density at radius 2 is 1.83 bits per heavy atom. The second-order valence-electron chi connectivity index (χ2n) is 4.73. The van der Waals surface area contributed by atoms with Gasteiger partial charge in [0.1, 0.15) is 13.6 Å². The Labute approximate surface area is 109 Å². The highest BCUT2D eigenvalue weighted by atomic mass is 16.5. The Bertz CT molecular complexity index is 478. The van der Waals surface area contributed by atoms with E-state index in [0.717, 1.165) is 37.3 Å². The highest BCUT2D eigenvalue weighted by molar-refractivity contribution is 5.99. The van der Waals surface area contributed by atoms with E-state index in [4.69, 9.17) is 9.47 Å². The molecule has 0 fully saturated rings. The Kier molecular flexibility index (Phi) is 3.90. The van der Waals surface area contributed by atoms with Crippen molar-refractivity contribution in [3.8, 4) is 11.5 Å². The van der Waals surface area contributed by atoms with E-state index in [2.05, 4.69) is 30.7 Å². The van der Waals surface area contributed by atoms with Gasteiger partial charge in [0.2, 0.25) is 0 Å². The smallest absolute Gasteiger partial charge is 0.183 e. The fourth-order valence-electron chi connectivity index (χ4n) is 2.59. The summed E-state index contributed by atoms with van der Waals surface area (Å²) in [6.45, 7) is 3.30. The van der Waals surface area contributed by atoms with Gasteiger partial charge in [-0.2, -0.15) is 0 Å². The van der Waals surface area contributed by atoms with Crippen LogP contribution < -0.4 is 9.47 Å². The van der Waals surface area contributed by atoms with Crippen molar-refractivity contribution in [3.05, 3.63) is 23.3 Å². The first kappa shape index (κ1) is 12.9. The van der Waals surface area contributed by atoms with Crippen LogP contribution in [-0.4, -0.2) is 38.1 Å². The molecule has 0 spiro atoms. The Balaban J connectivity index is 2.53. The van der Waals surface area contributed by atoms with Crippen molar-refractivity contribution in [2.24, 2.45) is 0 Å². The molecule has 0 atom stereocenters. The first-order chi connectivity index (χ1) is 8.71. The third-order valence-corrected chi connectivity index (χ3v) is 3.58. The van der Waals surface area contributed by atoms with E-state index in [1.165, 1.54) is 16.8 Å². The highest BCUT2D eigenvalue weighted by Gasteiger charge is 2.24. The molecule has 1 aromatic carbocycles. The van der Waals surface area contributed by atoms with E-state index < -0.39 is 0 Å². The third-order valence-electron chi connectivity index (χ3n) is 3.58. The normalized spacial score (nSPS) is 14.4. The average molecular weight is 248 g/mol. The van der Waals surface area contributed by atoms with Crippen molar-refractivity contribution in [1.82, 2.24) is 0 Å². The van der Waals surface area contributed by atoms with Gasteiger partial charge in [-0.3, -0.25) is 0 Å². The van der Waals surface area contributed by atoms with Crippen LogP contribution in [0.2, 0.25) is 0 Å². The number of hydrogen-bond acceptors (Lipinski definition) is 2. The Morgan fingerprint density at radius 1 is 1.17 bits per heavy atom. The van der Waals surface area contributed by atoms with Crippen molar-refractivity contribution in [3.63, 3.8) is 0 Å². The molecule has 2 rings (SSSR count). The van der Waals surface area contributed by atoms with Crippen molar-refractivity contribution >= 4 is 5.71 Å². The minimum absolute atomic E-state index is 0.820. The molecule has 0 N–H and O–H groups in total. The SMILES string of the molecule is CCCC1=[N+](C)CCc2cc(OC)c(OC)cc21. The molecule has 3 heteroatoms. The lowest BCUT2D eigenvalue weighted by Gasteiger charge is -2.19. The zero-order chi connectivity index (χ0) is 13.1. The summed E-state index contributed by atoms with van der Waals surface area (Å²) < 4.78 is 13.1. The molecule has 1 aliphatic heterocycles. The molecule has 1 aromatic rings. The molecule has 0 bridgehead atoms. The predicted molar refractivity (Wildman–Crippen MR) is 73.3 cm³/mol. The molecular formula is C15H22NO2+. The van der Waals surface area contributed by atoms with Crippen LogP contribution in [0.15, 0.2) is 12.1 Å². The minimum Gasteiger partial charge on any atom is -0.493 e. The maximum atomic E-state index is 5.41. The number of likely N-dealkylation sites (N-methyl/N-ethyl adjacent to an activating group) is 1. The Morgan fingerprint density at radius 3 is 2.44 bits per heavy atom. The van der Waals surface area contributed by atoms with Gasteiger partial charge < -0.3 is 9.47 Å². The number of hydrogen-bond donors (Lipinski definition) is 0. The van der Waals surface area contributed by atoms with E-state index in [1.807, 2.05) is 0 Å². The van der Waals surface area contributed by atoms with Gasteiger partial charge in [-0.1, -0.05) is 6.92 Å². The van der Waals surface area contributed by atoms with Crippen LogP contribution in [0.5, 0.6) is 11.5 Å². The molecule has 1 heterocycles. The summed E-state index contributed by atoms with van der Waals surface area (Å²) in [4.78, 5) is 0. The third kappa shape index (κ3) is 2.22. The fraction of sp³-hybridized carbons (Fsp3) is 0.533. The van der Waals surface area contributed by atoms with E-state index in [-0.39, 0.29) is 0 Å². The number of rotatable bonds is 4. The van der Waals surface area contributed by atoms with Crippen LogP contribution >= 0.6 is 0 Å². The molecular weight excluding hydrogens is 226 g/mol.